The van der Waals surface area contributed by atoms with Crippen molar-refractivity contribution in [3.63, 3.8) is 0 Å². The maximum atomic E-state index is 13.1. The quantitative estimate of drug-likeness (QED) is 0.842. The van der Waals surface area contributed by atoms with Gasteiger partial charge in [-0.25, -0.2) is 4.39 Å². The van der Waals surface area contributed by atoms with E-state index in [1.807, 2.05) is 0 Å². The van der Waals surface area contributed by atoms with E-state index in [0.717, 1.165) is 0 Å². The number of nitrogen functional groups attached to an aromatic ring is 1. The molecule has 0 bridgehead atoms. The van der Waals surface area contributed by atoms with Gasteiger partial charge < -0.3 is 15.8 Å². The Morgan fingerprint density at radius 2 is 2.05 bits per heavy atom. The van der Waals surface area contributed by atoms with Crippen LogP contribution in [0.25, 0.3) is 0 Å². The van der Waals surface area contributed by atoms with Gasteiger partial charge in [0, 0.05) is 21.8 Å². The number of methoxy groups -OCH3 is 1. The van der Waals surface area contributed by atoms with Crippen molar-refractivity contribution in [2.24, 2.45) is 0 Å². The molecule has 0 heterocycles. The van der Waals surface area contributed by atoms with Crippen LogP contribution in [0, 0.1) is 5.82 Å². The molecule has 0 saturated heterocycles. The minimum absolute atomic E-state index is 0.251. The number of carbonyl (C=O) groups excluding carboxylic acids is 1. The molecule has 2 rings (SSSR count). The van der Waals surface area contributed by atoms with Gasteiger partial charge in [-0.1, -0.05) is 15.9 Å². The highest BCUT2D eigenvalue weighted by Gasteiger charge is 2.11. The third kappa shape index (κ3) is 3.27. The minimum Gasteiger partial charge on any atom is -0.494 e. The Kier molecular flexibility index (Phi) is 4.24. The molecule has 20 heavy (non-hydrogen) atoms. The van der Waals surface area contributed by atoms with Gasteiger partial charge in [0.1, 0.15) is 11.6 Å². The second-order valence-corrected chi connectivity index (χ2v) is 4.99. The second kappa shape index (κ2) is 5.92. The summed E-state index contributed by atoms with van der Waals surface area (Å²) in [5.41, 5.74) is 6.93. The van der Waals surface area contributed by atoms with E-state index in [1.165, 1.54) is 25.3 Å². The van der Waals surface area contributed by atoms with Crippen molar-refractivity contribution in [2.75, 3.05) is 18.2 Å². The number of nitrogens with one attached hydrogen (secondary N) is 1. The Bertz CT molecular complexity index is 641. The van der Waals surface area contributed by atoms with Gasteiger partial charge in [-0.3, -0.25) is 4.79 Å². The van der Waals surface area contributed by atoms with E-state index in [9.17, 15) is 9.18 Å². The smallest absolute Gasteiger partial charge is 0.255 e. The summed E-state index contributed by atoms with van der Waals surface area (Å²) in [4.78, 5) is 12.1. The molecule has 104 valence electrons. The van der Waals surface area contributed by atoms with E-state index in [1.54, 1.807) is 18.2 Å². The Morgan fingerprint density at radius 3 is 2.70 bits per heavy atom. The van der Waals surface area contributed by atoms with Crippen molar-refractivity contribution >= 4 is 33.2 Å². The molecular weight excluding hydrogens is 327 g/mol. The Labute approximate surface area is 123 Å². The molecule has 0 unspecified atom stereocenters. The summed E-state index contributed by atoms with van der Waals surface area (Å²) < 4.78 is 18.8. The van der Waals surface area contributed by atoms with Crippen LogP contribution in [0.2, 0.25) is 0 Å². The molecule has 0 radical (unpaired) electrons. The first-order valence-corrected chi connectivity index (χ1v) is 6.50. The number of amides is 1. The summed E-state index contributed by atoms with van der Waals surface area (Å²) in [5.74, 6) is -0.546. The van der Waals surface area contributed by atoms with Crippen molar-refractivity contribution in [3.8, 4) is 5.75 Å². The van der Waals surface area contributed by atoms with Gasteiger partial charge >= 0.3 is 0 Å². The minimum atomic E-state index is -0.438. The largest absolute Gasteiger partial charge is 0.494 e. The molecule has 0 saturated carbocycles. The predicted octanol–water partition coefficient (Wildman–Crippen LogP) is 3.43. The lowest BCUT2D eigenvalue weighted by Crippen LogP contribution is -2.13. The van der Waals surface area contributed by atoms with E-state index >= 15 is 0 Å². The highest BCUT2D eigenvalue weighted by atomic mass is 79.9. The Hall–Kier alpha value is -2.08. The molecule has 2 aromatic rings. The molecule has 0 spiro atoms. The average molecular weight is 339 g/mol. The molecule has 0 aliphatic heterocycles. The summed E-state index contributed by atoms with van der Waals surface area (Å²) in [6, 6.07) is 8.76. The molecule has 0 aliphatic carbocycles. The number of anilines is 2. The number of carbonyl (C=O) groups is 1. The van der Waals surface area contributed by atoms with Gasteiger partial charge in [-0.15, -0.1) is 0 Å². The summed E-state index contributed by atoms with van der Waals surface area (Å²) >= 11 is 3.27. The Morgan fingerprint density at radius 1 is 1.30 bits per heavy atom. The number of hydrogen-bond donors (Lipinski definition) is 2. The van der Waals surface area contributed by atoms with Crippen LogP contribution < -0.4 is 15.8 Å². The summed E-state index contributed by atoms with van der Waals surface area (Å²) in [7, 11) is 1.40. The van der Waals surface area contributed by atoms with E-state index in [2.05, 4.69) is 21.2 Å². The van der Waals surface area contributed by atoms with E-state index < -0.39 is 5.82 Å². The standard InChI is InChI=1S/C14H12BrFN2O2/c1-20-13-7-10(16)2-3-12(13)18-14(19)8-4-9(15)6-11(17)5-8/h2-7H,17H2,1H3,(H,18,19). The van der Waals surface area contributed by atoms with Gasteiger partial charge in [0.15, 0.2) is 0 Å². The maximum Gasteiger partial charge on any atom is 0.255 e. The molecule has 0 aromatic heterocycles. The van der Waals surface area contributed by atoms with Crippen LogP contribution in [0.1, 0.15) is 10.4 Å². The molecule has 0 aliphatic rings. The SMILES string of the molecule is COc1cc(F)ccc1NC(=O)c1cc(N)cc(Br)c1. The van der Waals surface area contributed by atoms with Crippen molar-refractivity contribution in [1.82, 2.24) is 0 Å². The van der Waals surface area contributed by atoms with Crippen LogP contribution in [0.4, 0.5) is 15.8 Å². The molecule has 0 atom stereocenters. The predicted molar refractivity (Wildman–Crippen MR) is 79.5 cm³/mol. The molecule has 4 nitrogen and oxygen atoms in total. The fourth-order valence-corrected chi connectivity index (χ4v) is 2.22. The third-order valence-corrected chi connectivity index (χ3v) is 3.05. The fourth-order valence-electron chi connectivity index (χ4n) is 1.71. The van der Waals surface area contributed by atoms with Crippen molar-refractivity contribution in [2.45, 2.75) is 0 Å². The zero-order valence-electron chi connectivity index (χ0n) is 10.6. The zero-order chi connectivity index (χ0) is 14.7. The molecule has 6 heteroatoms. The highest BCUT2D eigenvalue weighted by molar-refractivity contribution is 9.10. The van der Waals surface area contributed by atoms with Gasteiger partial charge in [-0.05, 0) is 30.3 Å². The van der Waals surface area contributed by atoms with Crippen molar-refractivity contribution in [3.05, 3.63) is 52.3 Å². The second-order valence-electron chi connectivity index (χ2n) is 4.07. The van der Waals surface area contributed by atoms with E-state index in [4.69, 9.17) is 10.5 Å². The number of rotatable bonds is 3. The van der Waals surface area contributed by atoms with Crippen molar-refractivity contribution in [1.29, 1.82) is 0 Å². The van der Waals surface area contributed by atoms with Crippen LogP contribution in [-0.4, -0.2) is 13.0 Å². The van der Waals surface area contributed by atoms with E-state index in [0.29, 0.717) is 21.4 Å². The fraction of sp³-hybridized carbons (Fsp3) is 0.0714. The molecule has 1 amide bonds. The van der Waals surface area contributed by atoms with Crippen LogP contribution in [0.5, 0.6) is 5.75 Å². The lowest BCUT2D eigenvalue weighted by atomic mass is 10.2. The number of halogens is 2. The highest BCUT2D eigenvalue weighted by Crippen LogP contribution is 2.26. The molecule has 0 fully saturated rings. The lowest BCUT2D eigenvalue weighted by Gasteiger charge is -2.10. The molecule has 3 N–H and O–H groups in total. The summed E-state index contributed by atoms with van der Waals surface area (Å²) in [6.45, 7) is 0. The maximum absolute atomic E-state index is 13.1. The van der Waals surface area contributed by atoms with Gasteiger partial charge in [0.05, 0.1) is 12.8 Å². The summed E-state index contributed by atoms with van der Waals surface area (Å²) in [5, 5.41) is 2.65. The third-order valence-electron chi connectivity index (χ3n) is 2.59. The van der Waals surface area contributed by atoms with Crippen LogP contribution in [0.3, 0.4) is 0 Å². The molecule has 2 aromatic carbocycles. The first-order valence-electron chi connectivity index (χ1n) is 5.70. The summed E-state index contributed by atoms with van der Waals surface area (Å²) in [6.07, 6.45) is 0. The zero-order valence-corrected chi connectivity index (χ0v) is 12.2. The van der Waals surface area contributed by atoms with Gasteiger partial charge in [0.2, 0.25) is 0 Å². The first kappa shape index (κ1) is 14.3. The van der Waals surface area contributed by atoms with Gasteiger partial charge in [0.25, 0.3) is 5.91 Å². The number of nitrogens with two attached hydrogens (primary N) is 1. The first-order chi connectivity index (χ1) is 9.49. The number of hydrogen-bond acceptors (Lipinski definition) is 3. The van der Waals surface area contributed by atoms with E-state index in [-0.39, 0.29) is 11.7 Å². The van der Waals surface area contributed by atoms with Crippen LogP contribution in [-0.2, 0) is 0 Å². The topological polar surface area (TPSA) is 64.3 Å². The monoisotopic (exact) mass is 338 g/mol. The Balaban J connectivity index is 2.27. The normalized spacial score (nSPS) is 10.2. The van der Waals surface area contributed by atoms with Crippen LogP contribution >= 0.6 is 15.9 Å². The van der Waals surface area contributed by atoms with Crippen LogP contribution in [0.15, 0.2) is 40.9 Å². The van der Waals surface area contributed by atoms with Crippen molar-refractivity contribution < 1.29 is 13.9 Å². The number of benzene rings is 2. The average Bonchev–Trinajstić information content (AvgIpc) is 2.39. The number of ether oxygens (including phenoxy) is 1. The lowest BCUT2D eigenvalue weighted by molar-refractivity contribution is 0.102. The molecular formula is C14H12BrFN2O2. The van der Waals surface area contributed by atoms with Gasteiger partial charge in [-0.2, -0.15) is 0 Å².